The number of aromatic nitrogens is 2. The van der Waals surface area contributed by atoms with Gasteiger partial charge in [-0.1, -0.05) is 23.7 Å². The smallest absolute Gasteiger partial charge is 0.170 e. The maximum atomic E-state index is 6.32. The van der Waals surface area contributed by atoms with Gasteiger partial charge in [0.25, 0.3) is 0 Å². The molecule has 34 heavy (non-hydrogen) atoms. The molecule has 0 radical (unpaired) electrons. The standard InChI is InChI=1S/C26H30ClN5OS/c1-18-16-22(19(2)32(18)21-7-5-6-20(27)17-21)25-24(23-8-3-4-9-28-23)29-26(34)31(25)11-10-30-12-14-33-15-13-30/h3-9,16-17,24-25H,10-15H2,1-2H3,(H,29,34)/t24-,25+/m1/s1. The average molecular weight is 496 g/mol. The number of thiocarbonyl (C=S) groups is 1. The highest BCUT2D eigenvalue weighted by Crippen LogP contribution is 2.41. The van der Waals surface area contributed by atoms with Crippen molar-refractivity contribution in [2.45, 2.75) is 25.9 Å². The Morgan fingerprint density at radius 1 is 1.09 bits per heavy atom. The third-order valence-electron chi connectivity index (χ3n) is 6.81. The van der Waals surface area contributed by atoms with Gasteiger partial charge in [-0.25, -0.2) is 0 Å². The van der Waals surface area contributed by atoms with Crippen molar-refractivity contribution >= 4 is 28.9 Å². The Morgan fingerprint density at radius 3 is 2.65 bits per heavy atom. The third kappa shape index (κ3) is 4.58. The fourth-order valence-corrected chi connectivity index (χ4v) is 5.67. The lowest BCUT2D eigenvalue weighted by molar-refractivity contribution is 0.0350. The van der Waals surface area contributed by atoms with E-state index in [9.17, 15) is 0 Å². The van der Waals surface area contributed by atoms with E-state index in [2.05, 4.69) is 56.7 Å². The zero-order chi connectivity index (χ0) is 23.7. The van der Waals surface area contributed by atoms with Crippen LogP contribution >= 0.6 is 23.8 Å². The molecule has 0 saturated carbocycles. The van der Waals surface area contributed by atoms with Crippen LogP contribution < -0.4 is 5.32 Å². The van der Waals surface area contributed by atoms with Crippen LogP contribution in [0, 0.1) is 13.8 Å². The van der Waals surface area contributed by atoms with Crippen molar-refractivity contribution in [2.24, 2.45) is 0 Å². The first-order valence-corrected chi connectivity index (χ1v) is 12.5. The summed E-state index contributed by atoms with van der Waals surface area (Å²) in [4.78, 5) is 9.48. The highest BCUT2D eigenvalue weighted by molar-refractivity contribution is 7.80. The second-order valence-corrected chi connectivity index (χ2v) is 9.74. The number of morpholine rings is 1. The van der Waals surface area contributed by atoms with E-state index < -0.39 is 0 Å². The molecule has 8 heteroatoms. The topological polar surface area (TPSA) is 45.6 Å². The summed E-state index contributed by atoms with van der Waals surface area (Å²) in [6.45, 7) is 9.64. The number of benzene rings is 1. The summed E-state index contributed by atoms with van der Waals surface area (Å²) < 4.78 is 7.80. The average Bonchev–Trinajstić information content (AvgIpc) is 3.33. The highest BCUT2D eigenvalue weighted by atomic mass is 35.5. The van der Waals surface area contributed by atoms with Crippen LogP contribution in [0.2, 0.25) is 5.02 Å². The zero-order valence-electron chi connectivity index (χ0n) is 19.6. The summed E-state index contributed by atoms with van der Waals surface area (Å²) in [5, 5.41) is 5.09. The van der Waals surface area contributed by atoms with Gasteiger partial charge in [0, 0.05) is 54.5 Å². The summed E-state index contributed by atoms with van der Waals surface area (Å²) in [5.74, 6) is 0. The number of pyridine rings is 1. The number of rotatable bonds is 6. The lowest BCUT2D eigenvalue weighted by Crippen LogP contribution is -2.42. The number of aryl methyl sites for hydroxylation is 1. The minimum Gasteiger partial charge on any atom is -0.379 e. The van der Waals surface area contributed by atoms with E-state index in [1.165, 1.54) is 17.0 Å². The predicted octanol–water partition coefficient (Wildman–Crippen LogP) is 4.45. The van der Waals surface area contributed by atoms with Crippen molar-refractivity contribution < 1.29 is 4.74 Å². The Labute approximate surface area is 211 Å². The van der Waals surface area contributed by atoms with Crippen LogP contribution in [0.5, 0.6) is 0 Å². The van der Waals surface area contributed by atoms with E-state index in [0.29, 0.717) is 0 Å². The van der Waals surface area contributed by atoms with Gasteiger partial charge < -0.3 is 19.5 Å². The fraction of sp³-hybridized carbons (Fsp3) is 0.385. The molecule has 2 aliphatic heterocycles. The maximum Gasteiger partial charge on any atom is 0.170 e. The van der Waals surface area contributed by atoms with Gasteiger partial charge in [-0.15, -0.1) is 0 Å². The van der Waals surface area contributed by atoms with E-state index in [1.807, 2.05) is 36.5 Å². The molecule has 1 N–H and O–H groups in total. The Balaban J connectivity index is 1.52. The quantitative estimate of drug-likeness (QED) is 0.510. The molecular weight excluding hydrogens is 466 g/mol. The molecule has 0 aliphatic carbocycles. The summed E-state index contributed by atoms with van der Waals surface area (Å²) in [7, 11) is 0. The number of ether oxygens (including phenoxy) is 1. The van der Waals surface area contributed by atoms with Gasteiger partial charge in [-0.2, -0.15) is 0 Å². The SMILES string of the molecule is Cc1cc([C@H]2[C@@H](c3ccccn3)NC(=S)N2CCN2CCOCC2)c(C)n1-c1cccc(Cl)c1. The molecule has 2 atom stereocenters. The van der Waals surface area contributed by atoms with Crippen LogP contribution in [0.1, 0.15) is 34.7 Å². The van der Waals surface area contributed by atoms with E-state index in [1.54, 1.807) is 0 Å². The first kappa shape index (κ1) is 23.3. The molecule has 2 saturated heterocycles. The lowest BCUT2D eigenvalue weighted by Gasteiger charge is -2.32. The Bertz CT molecular complexity index is 1160. The minimum absolute atomic E-state index is 0.0216. The molecule has 2 aromatic heterocycles. The number of hydrogen-bond donors (Lipinski definition) is 1. The molecule has 1 aromatic carbocycles. The lowest BCUT2D eigenvalue weighted by atomic mass is 9.96. The fourth-order valence-electron chi connectivity index (χ4n) is 5.16. The third-order valence-corrected chi connectivity index (χ3v) is 7.40. The van der Waals surface area contributed by atoms with E-state index in [-0.39, 0.29) is 12.1 Å². The molecule has 178 valence electrons. The van der Waals surface area contributed by atoms with Gasteiger partial charge in [-0.3, -0.25) is 9.88 Å². The molecule has 2 aliphatic rings. The summed E-state index contributed by atoms with van der Waals surface area (Å²) >= 11 is 12.2. The predicted molar refractivity (Wildman–Crippen MR) is 140 cm³/mol. The van der Waals surface area contributed by atoms with Gasteiger partial charge in [0.1, 0.15) is 0 Å². The summed E-state index contributed by atoms with van der Waals surface area (Å²) in [6.07, 6.45) is 1.85. The molecule has 4 heterocycles. The second kappa shape index (κ2) is 10.0. The van der Waals surface area contributed by atoms with Crippen molar-refractivity contribution in [1.29, 1.82) is 0 Å². The zero-order valence-corrected chi connectivity index (χ0v) is 21.1. The van der Waals surface area contributed by atoms with Crippen LogP contribution in [-0.2, 0) is 4.74 Å². The Morgan fingerprint density at radius 2 is 1.91 bits per heavy atom. The molecular formula is C26H30ClN5OS. The largest absolute Gasteiger partial charge is 0.379 e. The molecule has 0 spiro atoms. The number of halogens is 1. The number of nitrogens with one attached hydrogen (secondary N) is 1. The summed E-state index contributed by atoms with van der Waals surface area (Å²) in [6, 6.07) is 16.4. The normalized spacial score (nSPS) is 21.1. The van der Waals surface area contributed by atoms with Crippen molar-refractivity contribution in [3.8, 4) is 5.69 Å². The van der Waals surface area contributed by atoms with Gasteiger partial charge in [0.2, 0.25) is 0 Å². The van der Waals surface area contributed by atoms with Gasteiger partial charge in [0.15, 0.2) is 5.11 Å². The van der Waals surface area contributed by atoms with Crippen molar-refractivity contribution in [1.82, 2.24) is 24.7 Å². The molecule has 3 aromatic rings. The molecule has 6 nitrogen and oxygen atoms in total. The van der Waals surface area contributed by atoms with Crippen molar-refractivity contribution in [3.05, 3.63) is 82.4 Å². The molecule has 0 amide bonds. The van der Waals surface area contributed by atoms with Crippen molar-refractivity contribution in [2.75, 3.05) is 39.4 Å². The van der Waals surface area contributed by atoms with E-state index >= 15 is 0 Å². The van der Waals surface area contributed by atoms with Crippen LogP contribution in [-0.4, -0.2) is 63.9 Å². The summed E-state index contributed by atoms with van der Waals surface area (Å²) in [5.41, 5.74) is 5.67. The van der Waals surface area contributed by atoms with Crippen LogP contribution in [0.4, 0.5) is 0 Å². The Kier molecular flexibility index (Phi) is 6.88. The molecule has 5 rings (SSSR count). The van der Waals surface area contributed by atoms with E-state index in [4.69, 9.17) is 28.6 Å². The van der Waals surface area contributed by atoms with E-state index in [0.717, 1.165) is 60.9 Å². The number of hydrogen-bond acceptors (Lipinski definition) is 4. The number of nitrogens with zero attached hydrogens (tertiary/aromatic N) is 4. The maximum absolute atomic E-state index is 6.32. The van der Waals surface area contributed by atoms with Gasteiger partial charge in [0.05, 0.1) is 31.0 Å². The molecule has 2 fully saturated rings. The second-order valence-electron chi connectivity index (χ2n) is 8.92. The van der Waals surface area contributed by atoms with Gasteiger partial charge in [-0.05, 0) is 68.0 Å². The molecule has 0 unspecified atom stereocenters. The van der Waals surface area contributed by atoms with Gasteiger partial charge >= 0.3 is 0 Å². The first-order valence-electron chi connectivity index (χ1n) is 11.8. The molecule has 0 bridgehead atoms. The first-order chi connectivity index (χ1) is 16.5. The van der Waals surface area contributed by atoms with Crippen LogP contribution in [0.3, 0.4) is 0 Å². The minimum atomic E-state index is -0.0216. The van der Waals surface area contributed by atoms with Crippen LogP contribution in [0.15, 0.2) is 54.7 Å². The highest BCUT2D eigenvalue weighted by Gasteiger charge is 2.41. The van der Waals surface area contributed by atoms with Crippen molar-refractivity contribution in [3.63, 3.8) is 0 Å². The Hall–Kier alpha value is -2.45. The monoisotopic (exact) mass is 495 g/mol. The van der Waals surface area contributed by atoms with Crippen LogP contribution in [0.25, 0.3) is 5.69 Å².